The molecule has 0 aliphatic carbocycles. The van der Waals surface area contributed by atoms with Gasteiger partial charge < -0.3 is 11.5 Å². The Balaban J connectivity index is 2.49. The molecule has 1 rings (SSSR count). The van der Waals surface area contributed by atoms with Crippen molar-refractivity contribution in [2.45, 2.75) is 12.8 Å². The highest BCUT2D eigenvalue weighted by Crippen LogP contribution is 2.09. The predicted molar refractivity (Wildman–Crippen MR) is 55.2 cm³/mol. The molecule has 0 spiro atoms. The van der Waals surface area contributed by atoms with Crippen molar-refractivity contribution in [3.63, 3.8) is 0 Å². The zero-order valence-electron chi connectivity index (χ0n) is 7.61. The zero-order valence-corrected chi connectivity index (χ0v) is 7.61. The van der Waals surface area contributed by atoms with Crippen molar-refractivity contribution in [1.82, 2.24) is 4.98 Å². The molecule has 0 aromatic carbocycles. The topological polar surface area (TPSA) is 64.9 Å². The average molecular weight is 177 g/mol. The third-order valence-electron chi connectivity index (χ3n) is 1.78. The van der Waals surface area contributed by atoms with Gasteiger partial charge in [-0.2, -0.15) is 0 Å². The van der Waals surface area contributed by atoms with E-state index in [1.807, 2.05) is 6.07 Å². The standard InChI is InChI=1S/C10H15N3/c11-6-3-1-2-4-9-8-13-7-5-10(9)12/h1-2,5,7-8H,3-4,6,11H2,(H2,12,13). The first-order valence-corrected chi connectivity index (χ1v) is 4.38. The summed E-state index contributed by atoms with van der Waals surface area (Å²) < 4.78 is 0. The Kier molecular flexibility index (Phi) is 3.99. The van der Waals surface area contributed by atoms with Gasteiger partial charge in [0.1, 0.15) is 0 Å². The number of nitrogen functional groups attached to an aromatic ring is 1. The summed E-state index contributed by atoms with van der Waals surface area (Å²) in [6, 6.07) is 1.81. The van der Waals surface area contributed by atoms with Crippen molar-refractivity contribution in [3.8, 4) is 0 Å². The highest BCUT2D eigenvalue weighted by Gasteiger charge is 1.93. The van der Waals surface area contributed by atoms with Crippen LogP contribution in [0, 0.1) is 0 Å². The van der Waals surface area contributed by atoms with Gasteiger partial charge in [0.2, 0.25) is 0 Å². The Morgan fingerprint density at radius 2 is 2.23 bits per heavy atom. The molecule has 0 amide bonds. The van der Waals surface area contributed by atoms with E-state index in [4.69, 9.17) is 11.5 Å². The minimum absolute atomic E-state index is 0.693. The highest BCUT2D eigenvalue weighted by atomic mass is 14.7. The average Bonchev–Trinajstić information content (AvgIpc) is 2.15. The molecule has 4 N–H and O–H groups in total. The largest absolute Gasteiger partial charge is 0.398 e. The first-order valence-electron chi connectivity index (χ1n) is 4.38. The maximum Gasteiger partial charge on any atom is 0.0380 e. The molecule has 0 unspecified atom stereocenters. The van der Waals surface area contributed by atoms with Crippen LogP contribution in [-0.4, -0.2) is 11.5 Å². The smallest absolute Gasteiger partial charge is 0.0380 e. The van der Waals surface area contributed by atoms with Gasteiger partial charge >= 0.3 is 0 Å². The molecule has 0 saturated carbocycles. The SMILES string of the molecule is NCCC=CCc1cnccc1N. The van der Waals surface area contributed by atoms with Crippen LogP contribution in [0.4, 0.5) is 5.69 Å². The molecule has 0 atom stereocenters. The molecule has 1 heterocycles. The summed E-state index contributed by atoms with van der Waals surface area (Å²) in [4.78, 5) is 4.01. The van der Waals surface area contributed by atoms with E-state index in [9.17, 15) is 0 Å². The van der Waals surface area contributed by atoms with Gasteiger partial charge in [0.25, 0.3) is 0 Å². The van der Waals surface area contributed by atoms with Gasteiger partial charge in [0, 0.05) is 18.1 Å². The summed E-state index contributed by atoms with van der Waals surface area (Å²) in [5.74, 6) is 0. The van der Waals surface area contributed by atoms with E-state index in [1.54, 1.807) is 12.4 Å². The van der Waals surface area contributed by atoms with Crippen molar-refractivity contribution < 1.29 is 0 Å². The number of pyridine rings is 1. The highest BCUT2D eigenvalue weighted by molar-refractivity contribution is 5.45. The molecule has 13 heavy (non-hydrogen) atoms. The normalized spacial score (nSPS) is 10.8. The van der Waals surface area contributed by atoms with Crippen LogP contribution in [0.5, 0.6) is 0 Å². The molecular formula is C10H15N3. The van der Waals surface area contributed by atoms with Crippen LogP contribution in [0.2, 0.25) is 0 Å². The van der Waals surface area contributed by atoms with E-state index < -0.39 is 0 Å². The molecule has 0 fully saturated rings. The van der Waals surface area contributed by atoms with Crippen molar-refractivity contribution in [2.75, 3.05) is 12.3 Å². The molecule has 70 valence electrons. The van der Waals surface area contributed by atoms with E-state index in [0.717, 1.165) is 24.1 Å². The minimum atomic E-state index is 0.693. The molecule has 0 bridgehead atoms. The fraction of sp³-hybridized carbons (Fsp3) is 0.300. The van der Waals surface area contributed by atoms with Gasteiger partial charge in [0.15, 0.2) is 0 Å². The molecule has 1 aromatic rings. The second-order valence-electron chi connectivity index (χ2n) is 2.83. The third-order valence-corrected chi connectivity index (χ3v) is 1.78. The lowest BCUT2D eigenvalue weighted by atomic mass is 10.1. The van der Waals surface area contributed by atoms with Crippen molar-refractivity contribution in [2.24, 2.45) is 5.73 Å². The third kappa shape index (κ3) is 3.25. The Morgan fingerprint density at radius 3 is 2.92 bits per heavy atom. The summed E-state index contributed by atoms with van der Waals surface area (Å²) in [5, 5.41) is 0. The lowest BCUT2D eigenvalue weighted by Crippen LogP contribution is -1.96. The zero-order chi connectivity index (χ0) is 9.52. The molecule has 0 saturated heterocycles. The van der Waals surface area contributed by atoms with E-state index in [-0.39, 0.29) is 0 Å². The van der Waals surface area contributed by atoms with Gasteiger partial charge in [0.05, 0.1) is 0 Å². The van der Waals surface area contributed by atoms with Crippen LogP contribution in [0.3, 0.4) is 0 Å². The second kappa shape index (κ2) is 5.32. The maximum atomic E-state index is 5.74. The minimum Gasteiger partial charge on any atom is -0.398 e. The fourth-order valence-corrected chi connectivity index (χ4v) is 1.03. The number of allylic oxidation sites excluding steroid dienone is 1. The fourth-order valence-electron chi connectivity index (χ4n) is 1.03. The van der Waals surface area contributed by atoms with Crippen LogP contribution < -0.4 is 11.5 Å². The molecule has 0 aliphatic rings. The van der Waals surface area contributed by atoms with E-state index in [1.165, 1.54) is 0 Å². The predicted octanol–water partition coefficient (Wildman–Crippen LogP) is 1.11. The molecule has 0 radical (unpaired) electrons. The molecule has 1 aromatic heterocycles. The van der Waals surface area contributed by atoms with Gasteiger partial charge in [-0.05, 0) is 31.0 Å². The second-order valence-corrected chi connectivity index (χ2v) is 2.83. The van der Waals surface area contributed by atoms with Gasteiger partial charge in [-0.15, -0.1) is 0 Å². The number of aromatic nitrogens is 1. The van der Waals surface area contributed by atoms with E-state index in [2.05, 4.69) is 17.1 Å². The lowest BCUT2D eigenvalue weighted by Gasteiger charge is -1.99. The Bertz CT molecular complexity index is 281. The number of rotatable bonds is 4. The molecule has 0 aliphatic heterocycles. The molecular weight excluding hydrogens is 162 g/mol. The van der Waals surface area contributed by atoms with E-state index >= 15 is 0 Å². The summed E-state index contributed by atoms with van der Waals surface area (Å²) in [6.07, 6.45) is 9.37. The Labute approximate surface area is 78.5 Å². The first-order chi connectivity index (χ1) is 6.34. The summed E-state index contributed by atoms with van der Waals surface area (Å²) in [7, 11) is 0. The monoisotopic (exact) mass is 177 g/mol. The van der Waals surface area contributed by atoms with Crippen LogP contribution in [0.25, 0.3) is 0 Å². The maximum absolute atomic E-state index is 5.74. The summed E-state index contributed by atoms with van der Waals surface area (Å²) >= 11 is 0. The number of anilines is 1. The van der Waals surface area contributed by atoms with Crippen molar-refractivity contribution >= 4 is 5.69 Å². The summed E-state index contributed by atoms with van der Waals surface area (Å²) in [6.45, 7) is 0.693. The lowest BCUT2D eigenvalue weighted by molar-refractivity contribution is 1.00. The van der Waals surface area contributed by atoms with Crippen LogP contribution >= 0.6 is 0 Å². The van der Waals surface area contributed by atoms with Crippen molar-refractivity contribution in [3.05, 3.63) is 36.2 Å². The van der Waals surface area contributed by atoms with Crippen LogP contribution in [0.1, 0.15) is 12.0 Å². The van der Waals surface area contributed by atoms with E-state index in [0.29, 0.717) is 6.54 Å². The van der Waals surface area contributed by atoms with Gasteiger partial charge in [-0.3, -0.25) is 4.98 Å². The Morgan fingerprint density at radius 1 is 1.38 bits per heavy atom. The number of nitrogens with zero attached hydrogens (tertiary/aromatic N) is 1. The number of hydrogen-bond acceptors (Lipinski definition) is 3. The van der Waals surface area contributed by atoms with Gasteiger partial charge in [-0.25, -0.2) is 0 Å². The van der Waals surface area contributed by atoms with Crippen LogP contribution in [0.15, 0.2) is 30.6 Å². The summed E-state index contributed by atoms with van der Waals surface area (Å²) in [5.41, 5.74) is 13.0. The van der Waals surface area contributed by atoms with Gasteiger partial charge in [-0.1, -0.05) is 12.2 Å². The molecule has 3 heteroatoms. The van der Waals surface area contributed by atoms with Crippen LogP contribution in [-0.2, 0) is 6.42 Å². The number of hydrogen-bond donors (Lipinski definition) is 2. The van der Waals surface area contributed by atoms with Crippen molar-refractivity contribution in [1.29, 1.82) is 0 Å². The molecule has 3 nitrogen and oxygen atoms in total. The quantitative estimate of drug-likeness (QED) is 0.677. The number of nitrogens with two attached hydrogens (primary N) is 2. The Hall–Kier alpha value is -1.35. The first kappa shape index (κ1) is 9.74.